The summed E-state index contributed by atoms with van der Waals surface area (Å²) < 4.78 is 11.0. The maximum Gasteiger partial charge on any atom is 0.337 e. The van der Waals surface area contributed by atoms with Gasteiger partial charge < -0.3 is 29.9 Å². The van der Waals surface area contributed by atoms with Gasteiger partial charge >= 0.3 is 5.97 Å². The molecular formula is C17H20N2O7. The Morgan fingerprint density at radius 2 is 2.00 bits per heavy atom. The molecule has 9 heteroatoms. The van der Waals surface area contributed by atoms with E-state index in [0.29, 0.717) is 43.4 Å². The first-order chi connectivity index (χ1) is 12.3. The van der Waals surface area contributed by atoms with Gasteiger partial charge in [0.15, 0.2) is 17.1 Å². The van der Waals surface area contributed by atoms with Gasteiger partial charge in [0, 0.05) is 18.3 Å². The van der Waals surface area contributed by atoms with Crippen LogP contribution in [0.1, 0.15) is 13.3 Å². The minimum atomic E-state index is -2.09. The van der Waals surface area contributed by atoms with E-state index in [0.717, 1.165) is 6.92 Å². The lowest BCUT2D eigenvalue weighted by Gasteiger charge is -2.22. The molecule has 2 unspecified atom stereocenters. The van der Waals surface area contributed by atoms with Crippen LogP contribution in [-0.2, 0) is 14.4 Å². The first-order valence-electron chi connectivity index (χ1n) is 8.24. The lowest BCUT2D eigenvalue weighted by Crippen LogP contribution is -2.48. The Morgan fingerprint density at radius 1 is 1.31 bits per heavy atom. The number of fused-ring (bicyclic) bond motifs is 1. The Labute approximate surface area is 149 Å². The summed E-state index contributed by atoms with van der Waals surface area (Å²) in [5.74, 6) is -2.20. The third-order valence-corrected chi connectivity index (χ3v) is 4.43. The first-order valence-corrected chi connectivity index (χ1v) is 8.24. The summed E-state index contributed by atoms with van der Waals surface area (Å²) in [7, 11) is 0. The van der Waals surface area contributed by atoms with Crippen LogP contribution >= 0.6 is 0 Å². The number of carboxylic acid groups (broad SMARTS) is 1. The van der Waals surface area contributed by atoms with Gasteiger partial charge in [0.25, 0.3) is 0 Å². The molecule has 3 rings (SSSR count). The summed E-state index contributed by atoms with van der Waals surface area (Å²) in [6.07, 6.45) is 0.300. The molecule has 1 aromatic carbocycles. The maximum absolute atomic E-state index is 12.6. The van der Waals surface area contributed by atoms with Gasteiger partial charge in [-0.1, -0.05) is 0 Å². The number of carbonyl (C=O) groups excluding carboxylic acids is 2. The van der Waals surface area contributed by atoms with Gasteiger partial charge in [0.1, 0.15) is 19.1 Å². The summed E-state index contributed by atoms with van der Waals surface area (Å²) in [5, 5.41) is 20.9. The van der Waals surface area contributed by atoms with Crippen LogP contribution < -0.4 is 19.7 Å². The third-order valence-electron chi connectivity index (χ3n) is 4.43. The van der Waals surface area contributed by atoms with E-state index in [2.05, 4.69) is 5.32 Å². The number of nitrogens with zero attached hydrogens (tertiary/aromatic N) is 1. The number of amides is 2. The minimum Gasteiger partial charge on any atom is -0.486 e. The van der Waals surface area contributed by atoms with E-state index >= 15 is 0 Å². The van der Waals surface area contributed by atoms with E-state index in [9.17, 15) is 19.5 Å². The molecule has 0 aromatic heterocycles. The van der Waals surface area contributed by atoms with Crippen molar-refractivity contribution < 1.29 is 34.1 Å². The van der Waals surface area contributed by atoms with E-state index in [1.165, 1.54) is 4.90 Å². The normalized spacial score (nSPS) is 21.2. The molecule has 2 atom stereocenters. The van der Waals surface area contributed by atoms with E-state index < -0.39 is 29.9 Å². The molecule has 0 aliphatic carbocycles. The van der Waals surface area contributed by atoms with E-state index in [-0.39, 0.29) is 5.91 Å². The number of hydrogen-bond donors (Lipinski definition) is 3. The van der Waals surface area contributed by atoms with Gasteiger partial charge in [-0.05, 0) is 25.5 Å². The summed E-state index contributed by atoms with van der Waals surface area (Å²) in [6.45, 7) is 1.85. The largest absolute Gasteiger partial charge is 0.486 e. The number of nitrogens with one attached hydrogen (secondary N) is 1. The molecular weight excluding hydrogens is 344 g/mol. The van der Waals surface area contributed by atoms with Crippen molar-refractivity contribution in [2.24, 2.45) is 5.92 Å². The van der Waals surface area contributed by atoms with Gasteiger partial charge in [-0.25, -0.2) is 4.79 Å². The topological polar surface area (TPSA) is 125 Å². The van der Waals surface area contributed by atoms with Crippen LogP contribution in [0.15, 0.2) is 18.2 Å². The quantitative estimate of drug-likeness (QED) is 0.616. The Morgan fingerprint density at radius 3 is 2.69 bits per heavy atom. The Kier molecular flexibility index (Phi) is 4.73. The van der Waals surface area contributed by atoms with Crippen molar-refractivity contribution in [3.8, 4) is 11.5 Å². The number of benzene rings is 1. The molecule has 2 amide bonds. The second-order valence-corrected chi connectivity index (χ2v) is 6.46. The van der Waals surface area contributed by atoms with Crippen LogP contribution in [-0.4, -0.2) is 59.9 Å². The fourth-order valence-corrected chi connectivity index (χ4v) is 2.84. The molecule has 2 aliphatic rings. The van der Waals surface area contributed by atoms with E-state index in [1.54, 1.807) is 18.2 Å². The molecule has 0 saturated carbocycles. The van der Waals surface area contributed by atoms with Gasteiger partial charge in [-0.15, -0.1) is 0 Å². The van der Waals surface area contributed by atoms with Gasteiger partial charge in [0.05, 0.1) is 6.54 Å². The number of ether oxygens (including phenoxy) is 2. The molecule has 1 aromatic rings. The van der Waals surface area contributed by atoms with E-state index in [4.69, 9.17) is 14.6 Å². The Balaban J connectivity index is 1.66. The first kappa shape index (κ1) is 18.0. The average molecular weight is 364 g/mol. The van der Waals surface area contributed by atoms with Crippen molar-refractivity contribution in [3.05, 3.63) is 18.2 Å². The molecule has 140 valence electrons. The van der Waals surface area contributed by atoms with Crippen LogP contribution in [0, 0.1) is 5.92 Å². The van der Waals surface area contributed by atoms with Crippen LogP contribution in [0.25, 0.3) is 0 Å². The lowest BCUT2D eigenvalue weighted by molar-refractivity contribution is -0.156. The van der Waals surface area contributed by atoms with Gasteiger partial charge in [0.2, 0.25) is 11.8 Å². The van der Waals surface area contributed by atoms with Crippen LogP contribution in [0.2, 0.25) is 0 Å². The fraction of sp³-hybridized carbons (Fsp3) is 0.471. The molecule has 0 bridgehead atoms. The molecule has 1 fully saturated rings. The van der Waals surface area contributed by atoms with Crippen molar-refractivity contribution in [3.63, 3.8) is 0 Å². The number of aliphatic hydroxyl groups is 1. The highest BCUT2D eigenvalue weighted by atomic mass is 16.6. The summed E-state index contributed by atoms with van der Waals surface area (Å²) >= 11 is 0. The highest BCUT2D eigenvalue weighted by Crippen LogP contribution is 2.36. The predicted molar refractivity (Wildman–Crippen MR) is 89.2 cm³/mol. The highest BCUT2D eigenvalue weighted by molar-refractivity contribution is 6.09. The number of aliphatic carboxylic acids is 1. The van der Waals surface area contributed by atoms with Crippen LogP contribution in [0.4, 0.5) is 5.69 Å². The molecule has 2 heterocycles. The number of anilines is 1. The van der Waals surface area contributed by atoms with Crippen LogP contribution in [0.5, 0.6) is 11.5 Å². The van der Waals surface area contributed by atoms with Gasteiger partial charge in [-0.3, -0.25) is 9.59 Å². The number of hydrogen-bond acceptors (Lipinski definition) is 6. The second-order valence-electron chi connectivity index (χ2n) is 6.46. The smallest absolute Gasteiger partial charge is 0.337 e. The summed E-state index contributed by atoms with van der Waals surface area (Å²) in [6, 6.07) is 5.14. The average Bonchev–Trinajstić information content (AvgIpc) is 3.00. The standard InChI is InChI=1S/C17H20N2O7/c1-17(24,16(22)23)9-18-14(20)11-4-5-19(15(11)21)10-2-3-12-13(8-10)26-7-6-25-12/h2-3,8,11,24H,4-7,9H2,1H3,(H,18,20)(H,22,23). The molecule has 1 saturated heterocycles. The predicted octanol–water partition coefficient (Wildman–Crippen LogP) is -0.237. The number of carbonyl (C=O) groups is 3. The SMILES string of the molecule is CC(O)(CNC(=O)C1CCN(c2ccc3c(c2)OCCO3)C1=O)C(=O)O. The highest BCUT2D eigenvalue weighted by Gasteiger charge is 2.39. The molecule has 0 radical (unpaired) electrons. The van der Waals surface area contributed by atoms with Crippen molar-refractivity contribution in [1.29, 1.82) is 0 Å². The van der Waals surface area contributed by atoms with Crippen molar-refractivity contribution in [2.45, 2.75) is 18.9 Å². The minimum absolute atomic E-state index is 0.300. The third kappa shape index (κ3) is 3.43. The number of carboxylic acids is 1. The van der Waals surface area contributed by atoms with Crippen molar-refractivity contribution in [2.75, 3.05) is 31.2 Å². The summed E-state index contributed by atoms with van der Waals surface area (Å²) in [4.78, 5) is 37.2. The zero-order valence-electron chi connectivity index (χ0n) is 14.2. The molecule has 0 spiro atoms. The lowest BCUT2D eigenvalue weighted by atomic mass is 10.1. The summed E-state index contributed by atoms with van der Waals surface area (Å²) in [5.41, 5.74) is -1.49. The molecule has 3 N–H and O–H groups in total. The molecule has 9 nitrogen and oxygen atoms in total. The Bertz CT molecular complexity index is 747. The molecule has 2 aliphatic heterocycles. The van der Waals surface area contributed by atoms with E-state index in [1.807, 2.05) is 0 Å². The van der Waals surface area contributed by atoms with Crippen LogP contribution in [0.3, 0.4) is 0 Å². The maximum atomic E-state index is 12.6. The monoisotopic (exact) mass is 364 g/mol. The van der Waals surface area contributed by atoms with Gasteiger partial charge in [-0.2, -0.15) is 0 Å². The second kappa shape index (κ2) is 6.83. The van der Waals surface area contributed by atoms with Crippen molar-refractivity contribution in [1.82, 2.24) is 5.32 Å². The number of rotatable bonds is 5. The zero-order chi connectivity index (χ0) is 18.9. The van der Waals surface area contributed by atoms with Crippen molar-refractivity contribution >= 4 is 23.5 Å². The molecule has 26 heavy (non-hydrogen) atoms. The zero-order valence-corrected chi connectivity index (χ0v) is 14.2. The Hall–Kier alpha value is -2.81. The fourth-order valence-electron chi connectivity index (χ4n) is 2.84.